The van der Waals surface area contributed by atoms with Gasteiger partial charge >= 0.3 is 5.00 Å². The smallest absolute Gasteiger partial charge is 0.258 e. The zero-order chi connectivity index (χ0) is 11.4. The first-order chi connectivity index (χ1) is 7.75. The minimum Gasteiger partial charge on any atom is -0.258 e. The molecule has 0 aliphatic heterocycles. The van der Waals surface area contributed by atoms with Crippen LogP contribution in [0.1, 0.15) is 0 Å². The largest absolute Gasteiger partial charge is 0.326 e. The fourth-order valence-electron chi connectivity index (χ4n) is 1.07. The number of benzene rings is 1. The Morgan fingerprint density at radius 2 is 1.81 bits per heavy atom. The quantitative estimate of drug-likeness (QED) is 0.455. The lowest BCUT2D eigenvalue weighted by molar-refractivity contribution is -0.380. The fraction of sp³-hybridized carbons (Fsp3) is 0. The molecule has 0 bridgehead atoms. The molecule has 0 atom stereocenters. The Balaban J connectivity index is 2.15. The molecule has 0 amide bonds. The van der Waals surface area contributed by atoms with Gasteiger partial charge in [0.25, 0.3) is 0 Å². The maximum atomic E-state index is 10.4. The molecule has 0 fully saturated rings. The lowest BCUT2D eigenvalue weighted by atomic mass is 10.3. The van der Waals surface area contributed by atoms with E-state index >= 15 is 0 Å². The molecule has 0 saturated heterocycles. The molecule has 0 spiro atoms. The van der Waals surface area contributed by atoms with E-state index in [4.69, 9.17) is 0 Å². The summed E-state index contributed by atoms with van der Waals surface area (Å²) in [6, 6.07) is 12.2. The van der Waals surface area contributed by atoms with Crippen LogP contribution in [0, 0.1) is 10.1 Å². The third-order valence-corrected chi connectivity index (χ3v) is 2.70. The van der Waals surface area contributed by atoms with Crippen LogP contribution in [-0.4, -0.2) is 4.92 Å². The molecule has 5 nitrogen and oxygen atoms in total. The highest BCUT2D eigenvalue weighted by molar-refractivity contribution is 7.18. The standard InChI is InChI=1S/C10H7N3O2S/c14-13(15)10-7-6-9(16-10)12-11-8-4-2-1-3-5-8/h1-7H. The van der Waals surface area contributed by atoms with Gasteiger partial charge < -0.3 is 0 Å². The highest BCUT2D eigenvalue weighted by atomic mass is 32.1. The molecule has 2 aromatic rings. The van der Waals surface area contributed by atoms with Gasteiger partial charge in [-0.15, -0.1) is 10.2 Å². The van der Waals surface area contributed by atoms with Gasteiger partial charge in [-0.3, -0.25) is 10.1 Å². The summed E-state index contributed by atoms with van der Waals surface area (Å²) in [5, 5.41) is 18.9. The number of nitrogens with zero attached hydrogens (tertiary/aromatic N) is 3. The van der Waals surface area contributed by atoms with Gasteiger partial charge in [-0.1, -0.05) is 18.2 Å². The lowest BCUT2D eigenvalue weighted by Crippen LogP contribution is -1.80. The molecule has 0 unspecified atom stereocenters. The molecule has 0 saturated carbocycles. The molecular weight excluding hydrogens is 226 g/mol. The molecular formula is C10H7N3O2S. The van der Waals surface area contributed by atoms with Crippen molar-refractivity contribution in [2.75, 3.05) is 0 Å². The van der Waals surface area contributed by atoms with E-state index < -0.39 is 4.92 Å². The van der Waals surface area contributed by atoms with E-state index in [0.717, 1.165) is 17.0 Å². The molecule has 16 heavy (non-hydrogen) atoms. The van der Waals surface area contributed by atoms with Crippen molar-refractivity contribution in [2.24, 2.45) is 10.2 Å². The third kappa shape index (κ3) is 2.48. The lowest BCUT2D eigenvalue weighted by Gasteiger charge is -1.87. The second-order valence-corrected chi connectivity index (χ2v) is 3.95. The molecule has 0 N–H and O–H groups in total. The van der Waals surface area contributed by atoms with Gasteiger partial charge in [0.2, 0.25) is 0 Å². The van der Waals surface area contributed by atoms with Crippen molar-refractivity contribution in [2.45, 2.75) is 0 Å². The molecule has 1 aromatic carbocycles. The van der Waals surface area contributed by atoms with Crippen molar-refractivity contribution < 1.29 is 4.92 Å². The van der Waals surface area contributed by atoms with Gasteiger partial charge in [-0.05, 0) is 29.5 Å². The van der Waals surface area contributed by atoms with Crippen molar-refractivity contribution >= 4 is 27.0 Å². The highest BCUT2D eigenvalue weighted by Gasteiger charge is 2.08. The van der Waals surface area contributed by atoms with Crippen molar-refractivity contribution in [3.8, 4) is 0 Å². The molecule has 80 valence electrons. The Labute approximate surface area is 95.2 Å². The summed E-state index contributed by atoms with van der Waals surface area (Å²) in [6.45, 7) is 0. The van der Waals surface area contributed by atoms with Crippen LogP contribution >= 0.6 is 11.3 Å². The second kappa shape index (κ2) is 4.63. The van der Waals surface area contributed by atoms with E-state index in [0.29, 0.717) is 5.00 Å². The van der Waals surface area contributed by atoms with E-state index in [2.05, 4.69) is 10.2 Å². The Morgan fingerprint density at radius 3 is 2.44 bits per heavy atom. The predicted octanol–water partition coefficient (Wildman–Crippen LogP) is 4.07. The average molecular weight is 233 g/mol. The van der Waals surface area contributed by atoms with E-state index in [1.165, 1.54) is 6.07 Å². The zero-order valence-electron chi connectivity index (χ0n) is 8.11. The Bertz CT molecular complexity index is 522. The van der Waals surface area contributed by atoms with Gasteiger partial charge in [-0.2, -0.15) is 0 Å². The fourth-order valence-corrected chi connectivity index (χ4v) is 1.71. The topological polar surface area (TPSA) is 67.9 Å². The van der Waals surface area contributed by atoms with Crippen LogP contribution in [0.5, 0.6) is 0 Å². The normalized spacial score (nSPS) is 10.8. The zero-order valence-corrected chi connectivity index (χ0v) is 8.92. The summed E-state index contributed by atoms with van der Waals surface area (Å²) in [5.74, 6) is 0. The first-order valence-electron chi connectivity index (χ1n) is 4.47. The number of thiophene rings is 1. The number of hydrogen-bond acceptors (Lipinski definition) is 5. The maximum Gasteiger partial charge on any atom is 0.326 e. The molecule has 0 aliphatic carbocycles. The summed E-state index contributed by atoms with van der Waals surface area (Å²) in [6.07, 6.45) is 0. The van der Waals surface area contributed by atoms with Crippen LogP contribution in [0.15, 0.2) is 52.7 Å². The summed E-state index contributed by atoms with van der Waals surface area (Å²) in [4.78, 5) is 9.99. The summed E-state index contributed by atoms with van der Waals surface area (Å²) in [5.41, 5.74) is 0.721. The van der Waals surface area contributed by atoms with Crippen LogP contribution in [0.2, 0.25) is 0 Å². The number of azo groups is 1. The molecule has 0 radical (unpaired) electrons. The Morgan fingerprint density at radius 1 is 1.06 bits per heavy atom. The number of rotatable bonds is 3. The van der Waals surface area contributed by atoms with Crippen LogP contribution in [0.3, 0.4) is 0 Å². The number of hydrogen-bond donors (Lipinski definition) is 0. The summed E-state index contributed by atoms with van der Waals surface area (Å²) in [7, 11) is 0. The van der Waals surface area contributed by atoms with E-state index in [-0.39, 0.29) is 5.00 Å². The summed E-state index contributed by atoms with van der Waals surface area (Å²) < 4.78 is 0. The maximum absolute atomic E-state index is 10.4. The van der Waals surface area contributed by atoms with Gasteiger partial charge in [0.15, 0.2) is 0 Å². The van der Waals surface area contributed by atoms with Crippen molar-refractivity contribution in [3.05, 3.63) is 52.6 Å². The molecule has 0 aliphatic rings. The highest BCUT2D eigenvalue weighted by Crippen LogP contribution is 2.31. The molecule has 1 heterocycles. The van der Waals surface area contributed by atoms with Gasteiger partial charge in [0.1, 0.15) is 5.00 Å². The van der Waals surface area contributed by atoms with E-state index in [1.807, 2.05) is 30.3 Å². The number of nitro groups is 1. The third-order valence-electron chi connectivity index (χ3n) is 1.78. The Hall–Kier alpha value is -2.08. The minimum absolute atomic E-state index is 0.0713. The SMILES string of the molecule is O=[N+]([O-])c1ccc(N=Nc2ccccc2)s1. The van der Waals surface area contributed by atoms with Crippen molar-refractivity contribution in [1.29, 1.82) is 0 Å². The second-order valence-electron chi connectivity index (χ2n) is 2.90. The first kappa shape index (κ1) is 10.4. The van der Waals surface area contributed by atoms with Crippen LogP contribution in [0.4, 0.5) is 15.7 Å². The van der Waals surface area contributed by atoms with E-state index in [1.54, 1.807) is 6.07 Å². The van der Waals surface area contributed by atoms with Gasteiger partial charge in [0.05, 0.1) is 10.6 Å². The first-order valence-corrected chi connectivity index (χ1v) is 5.28. The monoisotopic (exact) mass is 233 g/mol. The minimum atomic E-state index is -0.438. The van der Waals surface area contributed by atoms with Crippen molar-refractivity contribution in [3.63, 3.8) is 0 Å². The predicted molar refractivity (Wildman–Crippen MR) is 61.6 cm³/mol. The Kier molecular flexibility index (Phi) is 3.02. The van der Waals surface area contributed by atoms with E-state index in [9.17, 15) is 10.1 Å². The van der Waals surface area contributed by atoms with Gasteiger partial charge in [-0.25, -0.2) is 0 Å². The molecule has 2 rings (SSSR count). The van der Waals surface area contributed by atoms with Crippen LogP contribution in [-0.2, 0) is 0 Å². The van der Waals surface area contributed by atoms with Crippen LogP contribution in [0.25, 0.3) is 0 Å². The molecule has 1 aromatic heterocycles. The van der Waals surface area contributed by atoms with Crippen LogP contribution < -0.4 is 0 Å². The van der Waals surface area contributed by atoms with Crippen molar-refractivity contribution in [1.82, 2.24) is 0 Å². The molecule has 6 heteroatoms. The summed E-state index contributed by atoms with van der Waals surface area (Å²) >= 11 is 1.00. The average Bonchev–Trinajstić information content (AvgIpc) is 2.76. The van der Waals surface area contributed by atoms with Gasteiger partial charge in [0, 0.05) is 6.07 Å².